The molecular formula is C20H39N3. The summed E-state index contributed by atoms with van der Waals surface area (Å²) in [6.45, 7) is 0. The van der Waals surface area contributed by atoms with Crippen LogP contribution in [0.15, 0.2) is 0 Å². The molecule has 0 aliphatic heterocycles. The Hall–Kier alpha value is -0.120. The summed E-state index contributed by atoms with van der Waals surface area (Å²) in [5.74, 6) is 3.75. The van der Waals surface area contributed by atoms with Gasteiger partial charge in [-0.2, -0.15) is 0 Å². The van der Waals surface area contributed by atoms with Gasteiger partial charge in [0.15, 0.2) is 0 Å². The van der Waals surface area contributed by atoms with Gasteiger partial charge in [0.2, 0.25) is 0 Å². The highest BCUT2D eigenvalue weighted by atomic mass is 14.7. The van der Waals surface area contributed by atoms with Crippen LogP contribution in [0, 0.1) is 23.7 Å². The topological polar surface area (TPSA) is 78.1 Å². The molecule has 23 heavy (non-hydrogen) atoms. The molecule has 0 radical (unpaired) electrons. The van der Waals surface area contributed by atoms with Crippen LogP contribution in [0.5, 0.6) is 0 Å². The van der Waals surface area contributed by atoms with Gasteiger partial charge in [0, 0.05) is 18.1 Å². The Balaban J connectivity index is 1.60. The Morgan fingerprint density at radius 1 is 0.522 bits per heavy atom. The van der Waals surface area contributed by atoms with Crippen molar-refractivity contribution in [2.75, 3.05) is 0 Å². The average Bonchev–Trinajstić information content (AvgIpc) is 2.56. The number of nitrogens with two attached hydrogens (primary N) is 3. The van der Waals surface area contributed by atoms with E-state index in [1.165, 1.54) is 83.5 Å². The molecule has 3 fully saturated rings. The molecule has 0 amide bonds. The minimum atomic E-state index is 0.472. The van der Waals surface area contributed by atoms with E-state index < -0.39 is 0 Å². The lowest BCUT2D eigenvalue weighted by molar-refractivity contribution is 0.0989. The van der Waals surface area contributed by atoms with Gasteiger partial charge in [-0.3, -0.25) is 0 Å². The molecule has 3 aliphatic rings. The summed E-state index contributed by atoms with van der Waals surface area (Å²) in [6, 6.07) is 1.42. The zero-order valence-corrected chi connectivity index (χ0v) is 15.0. The Morgan fingerprint density at radius 2 is 0.870 bits per heavy atom. The van der Waals surface area contributed by atoms with E-state index >= 15 is 0 Å². The second-order valence-corrected chi connectivity index (χ2v) is 9.03. The molecule has 0 aromatic heterocycles. The maximum absolute atomic E-state index is 6.16. The molecule has 0 atom stereocenters. The van der Waals surface area contributed by atoms with Gasteiger partial charge in [0.25, 0.3) is 0 Å². The van der Waals surface area contributed by atoms with Gasteiger partial charge < -0.3 is 17.2 Å². The highest BCUT2D eigenvalue weighted by Crippen LogP contribution is 2.44. The summed E-state index contributed by atoms with van der Waals surface area (Å²) in [6.07, 6.45) is 17.2. The molecule has 3 rings (SSSR count). The number of hydrogen-bond donors (Lipinski definition) is 3. The molecule has 3 aliphatic carbocycles. The molecule has 0 bridgehead atoms. The third kappa shape index (κ3) is 4.93. The molecule has 0 saturated heterocycles. The largest absolute Gasteiger partial charge is 0.328 e. The van der Waals surface area contributed by atoms with Crippen molar-refractivity contribution in [3.05, 3.63) is 0 Å². The smallest absolute Gasteiger partial charge is 0.00390 e. The maximum Gasteiger partial charge on any atom is 0.00390 e. The van der Waals surface area contributed by atoms with Crippen molar-refractivity contribution in [3.63, 3.8) is 0 Å². The summed E-state index contributed by atoms with van der Waals surface area (Å²) < 4.78 is 0. The highest BCUT2D eigenvalue weighted by Gasteiger charge is 2.35. The van der Waals surface area contributed by atoms with E-state index in [1.807, 2.05) is 0 Å². The minimum Gasteiger partial charge on any atom is -0.328 e. The molecule has 0 heterocycles. The highest BCUT2D eigenvalue weighted by molar-refractivity contribution is 4.88. The van der Waals surface area contributed by atoms with Crippen molar-refractivity contribution in [2.24, 2.45) is 40.9 Å². The molecular weight excluding hydrogens is 282 g/mol. The van der Waals surface area contributed by atoms with Crippen molar-refractivity contribution >= 4 is 0 Å². The summed E-state index contributed by atoms with van der Waals surface area (Å²) in [7, 11) is 0. The first-order valence-electron chi connectivity index (χ1n) is 10.4. The lowest BCUT2D eigenvalue weighted by Crippen LogP contribution is -2.37. The van der Waals surface area contributed by atoms with Gasteiger partial charge >= 0.3 is 0 Å². The molecule has 0 unspecified atom stereocenters. The Morgan fingerprint density at radius 3 is 1.26 bits per heavy atom. The molecule has 6 N–H and O–H groups in total. The van der Waals surface area contributed by atoms with Crippen LogP contribution in [0.25, 0.3) is 0 Å². The second kappa shape index (κ2) is 8.31. The summed E-state index contributed by atoms with van der Waals surface area (Å²) in [4.78, 5) is 0. The van der Waals surface area contributed by atoms with Gasteiger partial charge in [-0.1, -0.05) is 0 Å². The van der Waals surface area contributed by atoms with E-state index in [0.29, 0.717) is 18.1 Å². The van der Waals surface area contributed by atoms with Gasteiger partial charge in [-0.15, -0.1) is 0 Å². The fourth-order valence-corrected chi connectivity index (χ4v) is 5.72. The lowest BCUT2D eigenvalue weighted by Gasteiger charge is -2.42. The van der Waals surface area contributed by atoms with Crippen LogP contribution >= 0.6 is 0 Å². The SMILES string of the molecule is NC1CCC(CC(C2CCC(N)CC2)C2CCC(N)CC2)CC1. The van der Waals surface area contributed by atoms with Gasteiger partial charge in [0.05, 0.1) is 0 Å². The number of rotatable bonds is 4. The van der Waals surface area contributed by atoms with Gasteiger partial charge in [-0.05, 0) is 107 Å². The first-order chi connectivity index (χ1) is 11.1. The molecule has 3 saturated carbocycles. The molecule has 3 heteroatoms. The minimum absolute atomic E-state index is 0.472. The fourth-order valence-electron chi connectivity index (χ4n) is 5.72. The summed E-state index contributed by atoms with van der Waals surface area (Å²) >= 11 is 0. The van der Waals surface area contributed by atoms with E-state index in [-0.39, 0.29) is 0 Å². The maximum atomic E-state index is 6.16. The van der Waals surface area contributed by atoms with E-state index in [0.717, 1.165) is 23.7 Å². The van der Waals surface area contributed by atoms with Crippen LogP contribution in [0.1, 0.15) is 83.5 Å². The van der Waals surface area contributed by atoms with Crippen molar-refractivity contribution in [1.82, 2.24) is 0 Å². The standard InChI is InChI=1S/C20H39N3/c21-17-7-1-14(2-8-17)13-20(15-3-9-18(22)10-4-15)16-5-11-19(23)12-6-16/h14-20H,1-13,21-23H2. The van der Waals surface area contributed by atoms with E-state index in [9.17, 15) is 0 Å². The van der Waals surface area contributed by atoms with E-state index in [2.05, 4.69) is 0 Å². The van der Waals surface area contributed by atoms with Crippen LogP contribution in [0.4, 0.5) is 0 Å². The lowest BCUT2D eigenvalue weighted by atomic mass is 9.64. The Kier molecular flexibility index (Phi) is 6.39. The third-order valence-electron chi connectivity index (χ3n) is 7.34. The van der Waals surface area contributed by atoms with E-state index in [4.69, 9.17) is 17.2 Å². The van der Waals surface area contributed by atoms with E-state index in [1.54, 1.807) is 0 Å². The van der Waals surface area contributed by atoms with Gasteiger partial charge in [0.1, 0.15) is 0 Å². The van der Waals surface area contributed by atoms with Gasteiger partial charge in [-0.25, -0.2) is 0 Å². The molecule has 134 valence electrons. The third-order valence-corrected chi connectivity index (χ3v) is 7.34. The summed E-state index contributed by atoms with van der Waals surface area (Å²) in [5, 5.41) is 0. The molecule has 0 aromatic carbocycles. The van der Waals surface area contributed by atoms with Crippen LogP contribution in [0.3, 0.4) is 0 Å². The Bertz CT molecular complexity index is 313. The zero-order valence-electron chi connectivity index (χ0n) is 15.0. The number of hydrogen-bond acceptors (Lipinski definition) is 3. The van der Waals surface area contributed by atoms with Crippen LogP contribution in [-0.2, 0) is 0 Å². The second-order valence-electron chi connectivity index (χ2n) is 9.03. The first-order valence-corrected chi connectivity index (χ1v) is 10.4. The predicted octanol–water partition coefficient (Wildman–Crippen LogP) is 3.55. The van der Waals surface area contributed by atoms with Crippen molar-refractivity contribution < 1.29 is 0 Å². The molecule has 0 aromatic rings. The average molecular weight is 322 g/mol. The monoisotopic (exact) mass is 321 g/mol. The fraction of sp³-hybridized carbons (Fsp3) is 1.00. The Labute approximate surface area is 143 Å². The van der Waals surface area contributed by atoms with Crippen LogP contribution < -0.4 is 17.2 Å². The molecule has 0 spiro atoms. The first kappa shape index (κ1) is 17.7. The normalized spacial score (nSPS) is 44.0. The van der Waals surface area contributed by atoms with Crippen LogP contribution in [0.2, 0.25) is 0 Å². The quantitative estimate of drug-likeness (QED) is 0.741. The van der Waals surface area contributed by atoms with Crippen LogP contribution in [-0.4, -0.2) is 18.1 Å². The van der Waals surface area contributed by atoms with Crippen molar-refractivity contribution in [3.8, 4) is 0 Å². The molecule has 3 nitrogen and oxygen atoms in total. The zero-order chi connectivity index (χ0) is 16.2. The predicted molar refractivity (Wildman–Crippen MR) is 97.9 cm³/mol. The van der Waals surface area contributed by atoms with Crippen molar-refractivity contribution in [1.29, 1.82) is 0 Å². The van der Waals surface area contributed by atoms with Crippen molar-refractivity contribution in [2.45, 2.75) is 102 Å². The summed E-state index contributed by atoms with van der Waals surface area (Å²) in [5.41, 5.74) is 18.4.